The average Bonchev–Trinajstić information content (AvgIpc) is 2.84. The Balaban J connectivity index is 1.47. The monoisotopic (exact) mass is 449 g/mol. The number of rotatable bonds is 6. The Hall–Kier alpha value is -2.86. The number of nitrogens with zero attached hydrogens (tertiary/aromatic N) is 2. The normalized spacial score (nSPS) is 20.1. The number of fused-ring (bicyclic) bond motifs is 1. The van der Waals surface area contributed by atoms with Gasteiger partial charge in [-0.1, -0.05) is 43.3 Å². The van der Waals surface area contributed by atoms with Gasteiger partial charge in [0.2, 0.25) is 11.8 Å². The summed E-state index contributed by atoms with van der Waals surface area (Å²) in [6.07, 6.45) is 2.93. The van der Waals surface area contributed by atoms with E-state index in [1.807, 2.05) is 48.2 Å². The van der Waals surface area contributed by atoms with E-state index in [1.54, 1.807) is 7.11 Å². The van der Waals surface area contributed by atoms with E-state index in [2.05, 4.69) is 29.3 Å². The van der Waals surface area contributed by atoms with Gasteiger partial charge >= 0.3 is 0 Å². The second-order valence-electron chi connectivity index (χ2n) is 9.39. The molecule has 0 aromatic heterocycles. The van der Waals surface area contributed by atoms with Crippen molar-refractivity contribution < 1.29 is 14.3 Å². The Morgan fingerprint density at radius 2 is 1.76 bits per heavy atom. The Bertz CT molecular complexity index is 967. The first kappa shape index (κ1) is 23.3. The summed E-state index contributed by atoms with van der Waals surface area (Å²) in [7, 11) is 1.64. The lowest BCUT2D eigenvalue weighted by Crippen LogP contribution is -2.50. The van der Waals surface area contributed by atoms with Gasteiger partial charge in [0, 0.05) is 19.6 Å². The summed E-state index contributed by atoms with van der Waals surface area (Å²) in [6, 6.07) is 15.4. The third kappa shape index (κ3) is 5.38. The molecule has 0 radical (unpaired) electrons. The largest absolute Gasteiger partial charge is 0.497 e. The van der Waals surface area contributed by atoms with E-state index in [9.17, 15) is 9.59 Å². The van der Waals surface area contributed by atoms with Gasteiger partial charge in [-0.25, -0.2) is 0 Å². The van der Waals surface area contributed by atoms with E-state index >= 15 is 0 Å². The summed E-state index contributed by atoms with van der Waals surface area (Å²) in [5.74, 6) is 1.51. The van der Waals surface area contributed by atoms with Crippen molar-refractivity contribution in [3.8, 4) is 5.75 Å². The van der Waals surface area contributed by atoms with Crippen LogP contribution in [0.25, 0.3) is 0 Å². The van der Waals surface area contributed by atoms with E-state index in [1.165, 1.54) is 5.56 Å². The summed E-state index contributed by atoms with van der Waals surface area (Å²) in [6.45, 7) is 6.72. The van der Waals surface area contributed by atoms with Crippen LogP contribution in [0.15, 0.2) is 48.5 Å². The Morgan fingerprint density at radius 1 is 1.06 bits per heavy atom. The molecular weight excluding hydrogens is 414 g/mol. The highest BCUT2D eigenvalue weighted by Gasteiger charge is 2.37. The number of benzene rings is 2. The SMILES string of the molecule is COc1ccc([C@H](C)NC(=O)CN2CCc3ccccc3[C@@H]2C(=O)N2CCC(C)CC2)cc1. The predicted octanol–water partition coefficient (Wildman–Crippen LogP) is 3.73. The number of carbonyl (C=O) groups is 2. The number of hydrogen-bond donors (Lipinski definition) is 1. The molecule has 2 heterocycles. The number of amides is 2. The molecule has 1 saturated heterocycles. The van der Waals surface area contributed by atoms with E-state index in [0.717, 1.165) is 49.2 Å². The highest BCUT2D eigenvalue weighted by molar-refractivity contribution is 5.86. The smallest absolute Gasteiger partial charge is 0.244 e. The highest BCUT2D eigenvalue weighted by atomic mass is 16.5. The topological polar surface area (TPSA) is 61.9 Å². The molecule has 0 saturated carbocycles. The van der Waals surface area contributed by atoms with Gasteiger partial charge in [-0.3, -0.25) is 14.5 Å². The minimum absolute atomic E-state index is 0.0669. The molecular formula is C27H35N3O3. The minimum atomic E-state index is -0.398. The van der Waals surface area contributed by atoms with Gasteiger partial charge in [0.05, 0.1) is 19.7 Å². The average molecular weight is 450 g/mol. The molecule has 6 nitrogen and oxygen atoms in total. The molecule has 0 unspecified atom stereocenters. The Morgan fingerprint density at radius 3 is 2.45 bits per heavy atom. The maximum Gasteiger partial charge on any atom is 0.244 e. The summed E-state index contributed by atoms with van der Waals surface area (Å²) in [5.41, 5.74) is 3.27. The molecule has 1 fully saturated rings. The second kappa shape index (κ2) is 10.4. The molecule has 2 amide bonds. The highest BCUT2D eigenvalue weighted by Crippen LogP contribution is 2.32. The lowest BCUT2D eigenvalue weighted by Gasteiger charge is -2.40. The molecule has 0 bridgehead atoms. The lowest BCUT2D eigenvalue weighted by molar-refractivity contribution is -0.140. The molecule has 2 aliphatic rings. The number of nitrogens with one attached hydrogen (secondary N) is 1. The fourth-order valence-electron chi connectivity index (χ4n) is 4.93. The van der Waals surface area contributed by atoms with Crippen LogP contribution in [-0.4, -0.2) is 54.9 Å². The molecule has 0 aliphatic carbocycles. The minimum Gasteiger partial charge on any atom is -0.497 e. The summed E-state index contributed by atoms with van der Waals surface area (Å²) >= 11 is 0. The zero-order chi connectivity index (χ0) is 23.4. The first-order chi connectivity index (χ1) is 16.0. The summed E-state index contributed by atoms with van der Waals surface area (Å²) in [5, 5.41) is 3.10. The Kier molecular flexibility index (Phi) is 7.33. The molecule has 176 valence electrons. The number of piperidine rings is 1. The van der Waals surface area contributed by atoms with E-state index in [-0.39, 0.29) is 24.4 Å². The van der Waals surface area contributed by atoms with Crippen LogP contribution in [0.4, 0.5) is 0 Å². The standard InChI is InChI=1S/C27H35N3O3/c1-19-12-15-29(16-13-19)27(32)26-24-7-5-4-6-22(24)14-17-30(26)18-25(31)28-20(2)21-8-10-23(33-3)11-9-21/h4-11,19-20,26H,12-18H2,1-3H3,(H,28,31)/t20-,26+/m0/s1. The van der Waals surface area contributed by atoms with Gasteiger partial charge in [0.15, 0.2) is 0 Å². The van der Waals surface area contributed by atoms with E-state index in [0.29, 0.717) is 12.5 Å². The Labute approximate surface area is 196 Å². The molecule has 2 aromatic carbocycles. The molecule has 2 aliphatic heterocycles. The maximum absolute atomic E-state index is 13.7. The zero-order valence-corrected chi connectivity index (χ0v) is 19.9. The molecule has 2 aromatic rings. The third-order valence-electron chi connectivity index (χ3n) is 7.05. The lowest BCUT2D eigenvalue weighted by atomic mass is 9.90. The van der Waals surface area contributed by atoms with Crippen LogP contribution in [0.2, 0.25) is 0 Å². The zero-order valence-electron chi connectivity index (χ0n) is 19.9. The van der Waals surface area contributed by atoms with Crippen molar-refractivity contribution in [2.24, 2.45) is 5.92 Å². The molecule has 33 heavy (non-hydrogen) atoms. The van der Waals surface area contributed by atoms with Crippen molar-refractivity contribution in [2.45, 2.75) is 45.2 Å². The number of carbonyl (C=O) groups excluding carboxylic acids is 2. The number of methoxy groups -OCH3 is 1. The van der Waals surface area contributed by atoms with Gasteiger partial charge in [-0.05, 0) is 60.9 Å². The maximum atomic E-state index is 13.7. The molecule has 0 spiro atoms. The fraction of sp³-hybridized carbons (Fsp3) is 0.481. The van der Waals surface area contributed by atoms with Crippen LogP contribution < -0.4 is 10.1 Å². The van der Waals surface area contributed by atoms with Crippen LogP contribution in [0, 0.1) is 5.92 Å². The van der Waals surface area contributed by atoms with Gasteiger partial charge in [-0.2, -0.15) is 0 Å². The van der Waals surface area contributed by atoms with E-state index in [4.69, 9.17) is 4.74 Å². The summed E-state index contributed by atoms with van der Waals surface area (Å²) < 4.78 is 5.22. The van der Waals surface area contributed by atoms with Gasteiger partial charge in [0.1, 0.15) is 11.8 Å². The first-order valence-corrected chi connectivity index (χ1v) is 12.0. The van der Waals surface area contributed by atoms with E-state index < -0.39 is 6.04 Å². The molecule has 6 heteroatoms. The summed E-state index contributed by atoms with van der Waals surface area (Å²) in [4.78, 5) is 30.7. The number of hydrogen-bond acceptors (Lipinski definition) is 4. The van der Waals surface area contributed by atoms with Crippen molar-refractivity contribution in [3.63, 3.8) is 0 Å². The van der Waals surface area contributed by atoms with Crippen molar-refractivity contribution >= 4 is 11.8 Å². The molecule has 4 rings (SSSR count). The molecule has 1 N–H and O–H groups in total. The van der Waals surface area contributed by atoms with Crippen LogP contribution in [0.1, 0.15) is 55.5 Å². The van der Waals surface area contributed by atoms with Crippen molar-refractivity contribution in [1.29, 1.82) is 0 Å². The van der Waals surface area contributed by atoms with Crippen LogP contribution in [-0.2, 0) is 16.0 Å². The van der Waals surface area contributed by atoms with Crippen molar-refractivity contribution in [2.75, 3.05) is 33.3 Å². The quantitative estimate of drug-likeness (QED) is 0.730. The third-order valence-corrected chi connectivity index (χ3v) is 7.05. The number of likely N-dealkylation sites (tertiary alicyclic amines) is 1. The van der Waals surface area contributed by atoms with Crippen molar-refractivity contribution in [1.82, 2.24) is 15.1 Å². The van der Waals surface area contributed by atoms with Gasteiger partial charge in [-0.15, -0.1) is 0 Å². The van der Waals surface area contributed by atoms with Gasteiger partial charge < -0.3 is 15.0 Å². The van der Waals surface area contributed by atoms with Crippen LogP contribution in [0.5, 0.6) is 5.75 Å². The first-order valence-electron chi connectivity index (χ1n) is 12.0. The van der Waals surface area contributed by atoms with Crippen LogP contribution in [0.3, 0.4) is 0 Å². The van der Waals surface area contributed by atoms with Crippen LogP contribution >= 0.6 is 0 Å². The van der Waals surface area contributed by atoms with Gasteiger partial charge in [0.25, 0.3) is 0 Å². The predicted molar refractivity (Wildman–Crippen MR) is 129 cm³/mol. The number of ether oxygens (including phenoxy) is 1. The fourth-order valence-corrected chi connectivity index (χ4v) is 4.93. The second-order valence-corrected chi connectivity index (χ2v) is 9.39. The molecule has 2 atom stereocenters. The van der Waals surface area contributed by atoms with Crippen molar-refractivity contribution in [3.05, 3.63) is 65.2 Å².